The van der Waals surface area contributed by atoms with Crippen molar-refractivity contribution in [2.75, 3.05) is 19.6 Å². The first kappa shape index (κ1) is 13.5. The highest BCUT2D eigenvalue weighted by Gasteiger charge is 2.22. The Balaban J connectivity index is 2.20. The predicted molar refractivity (Wildman–Crippen MR) is 66.1 cm³/mol. The van der Waals surface area contributed by atoms with Crippen molar-refractivity contribution in [1.82, 2.24) is 10.2 Å². The summed E-state index contributed by atoms with van der Waals surface area (Å²) in [6.07, 6.45) is 1.65. The summed E-state index contributed by atoms with van der Waals surface area (Å²) < 4.78 is 0. The Morgan fingerprint density at radius 3 is 2.81 bits per heavy atom. The van der Waals surface area contributed by atoms with Crippen molar-refractivity contribution >= 4 is 5.91 Å². The van der Waals surface area contributed by atoms with Crippen LogP contribution < -0.4 is 11.1 Å². The van der Waals surface area contributed by atoms with Crippen LogP contribution in [0.15, 0.2) is 0 Å². The predicted octanol–water partition coefficient (Wildman–Crippen LogP) is 0.570. The minimum absolute atomic E-state index is 0.150. The summed E-state index contributed by atoms with van der Waals surface area (Å²) in [5.74, 6) is 0.694. The molecule has 1 rings (SSSR count). The molecule has 1 amide bonds. The Morgan fingerprint density at radius 1 is 1.56 bits per heavy atom. The lowest BCUT2D eigenvalue weighted by molar-refractivity contribution is -0.122. The van der Waals surface area contributed by atoms with Crippen molar-refractivity contribution < 1.29 is 4.79 Å². The molecule has 94 valence electrons. The summed E-state index contributed by atoms with van der Waals surface area (Å²) in [7, 11) is 0. The van der Waals surface area contributed by atoms with E-state index in [1.165, 1.54) is 0 Å². The van der Waals surface area contributed by atoms with E-state index in [9.17, 15) is 4.79 Å². The number of amides is 1. The van der Waals surface area contributed by atoms with Crippen molar-refractivity contribution in [3.05, 3.63) is 0 Å². The molecule has 0 bridgehead atoms. The number of nitrogens with one attached hydrogen (secondary N) is 1. The standard InChI is InChI=1S/C12H25N3O/c1-9(2)14-12(16)5-7-15-6-4-11(13)10(3)8-15/h9-11H,4-8,13H2,1-3H3,(H,14,16). The SMILES string of the molecule is CC(C)NC(=O)CCN1CCC(N)C(C)C1. The van der Waals surface area contributed by atoms with Gasteiger partial charge in [0.1, 0.15) is 0 Å². The van der Waals surface area contributed by atoms with E-state index in [0.717, 1.165) is 26.1 Å². The largest absolute Gasteiger partial charge is 0.354 e. The van der Waals surface area contributed by atoms with E-state index in [-0.39, 0.29) is 11.9 Å². The van der Waals surface area contributed by atoms with Crippen LogP contribution in [0.1, 0.15) is 33.6 Å². The van der Waals surface area contributed by atoms with Gasteiger partial charge in [0.2, 0.25) is 5.91 Å². The quantitative estimate of drug-likeness (QED) is 0.738. The molecule has 1 saturated heterocycles. The second kappa shape index (κ2) is 6.21. The van der Waals surface area contributed by atoms with E-state index in [2.05, 4.69) is 17.1 Å². The van der Waals surface area contributed by atoms with E-state index >= 15 is 0 Å². The molecule has 3 N–H and O–H groups in total. The molecule has 0 aromatic rings. The van der Waals surface area contributed by atoms with Crippen LogP contribution >= 0.6 is 0 Å². The van der Waals surface area contributed by atoms with Gasteiger partial charge in [-0.2, -0.15) is 0 Å². The molecule has 0 radical (unpaired) electrons. The summed E-state index contributed by atoms with van der Waals surface area (Å²) in [5.41, 5.74) is 5.96. The summed E-state index contributed by atoms with van der Waals surface area (Å²) in [5, 5.41) is 2.91. The lowest BCUT2D eigenvalue weighted by Crippen LogP contribution is -2.46. The van der Waals surface area contributed by atoms with Gasteiger partial charge in [0.25, 0.3) is 0 Å². The highest BCUT2D eigenvalue weighted by Crippen LogP contribution is 2.14. The number of carbonyl (C=O) groups excluding carboxylic acids is 1. The molecule has 0 aliphatic carbocycles. The zero-order valence-electron chi connectivity index (χ0n) is 10.7. The molecular formula is C12H25N3O. The number of rotatable bonds is 4. The second-order valence-electron chi connectivity index (χ2n) is 5.20. The Kier molecular flexibility index (Phi) is 5.22. The molecule has 2 atom stereocenters. The zero-order valence-corrected chi connectivity index (χ0v) is 10.7. The van der Waals surface area contributed by atoms with E-state index < -0.39 is 0 Å². The molecule has 0 saturated carbocycles. The molecule has 4 nitrogen and oxygen atoms in total. The first-order chi connectivity index (χ1) is 7.49. The second-order valence-corrected chi connectivity index (χ2v) is 5.20. The zero-order chi connectivity index (χ0) is 12.1. The smallest absolute Gasteiger partial charge is 0.221 e. The van der Waals surface area contributed by atoms with Crippen molar-refractivity contribution in [1.29, 1.82) is 0 Å². The summed E-state index contributed by atoms with van der Waals surface area (Å²) in [6.45, 7) is 9.07. The van der Waals surface area contributed by atoms with E-state index in [1.807, 2.05) is 13.8 Å². The van der Waals surface area contributed by atoms with Gasteiger partial charge in [-0.25, -0.2) is 0 Å². The molecule has 0 aromatic carbocycles. The molecule has 1 fully saturated rings. The minimum Gasteiger partial charge on any atom is -0.354 e. The fourth-order valence-corrected chi connectivity index (χ4v) is 2.11. The highest BCUT2D eigenvalue weighted by molar-refractivity contribution is 5.76. The van der Waals surface area contributed by atoms with Crippen LogP contribution in [0.5, 0.6) is 0 Å². The molecule has 0 aromatic heterocycles. The Morgan fingerprint density at radius 2 is 2.25 bits per heavy atom. The van der Waals surface area contributed by atoms with E-state index in [0.29, 0.717) is 18.4 Å². The van der Waals surface area contributed by atoms with Gasteiger partial charge in [-0.1, -0.05) is 6.92 Å². The number of nitrogens with two attached hydrogens (primary N) is 1. The van der Waals surface area contributed by atoms with Crippen LogP contribution in [0.4, 0.5) is 0 Å². The third kappa shape index (κ3) is 4.49. The summed E-state index contributed by atoms with van der Waals surface area (Å²) >= 11 is 0. The van der Waals surface area contributed by atoms with Crippen LogP contribution in [0.2, 0.25) is 0 Å². The van der Waals surface area contributed by atoms with Crippen LogP contribution in [0, 0.1) is 5.92 Å². The van der Waals surface area contributed by atoms with Gasteiger partial charge in [-0.15, -0.1) is 0 Å². The number of likely N-dealkylation sites (tertiary alicyclic amines) is 1. The van der Waals surface area contributed by atoms with Crippen LogP contribution in [-0.4, -0.2) is 42.5 Å². The molecule has 1 heterocycles. The topological polar surface area (TPSA) is 58.4 Å². The van der Waals surface area contributed by atoms with Gasteiger partial charge in [-0.05, 0) is 32.7 Å². The number of hydrogen-bond acceptors (Lipinski definition) is 3. The number of carbonyl (C=O) groups is 1. The maximum atomic E-state index is 11.5. The van der Waals surface area contributed by atoms with Crippen LogP contribution in [-0.2, 0) is 4.79 Å². The monoisotopic (exact) mass is 227 g/mol. The van der Waals surface area contributed by atoms with Gasteiger partial charge in [0.05, 0.1) is 0 Å². The lowest BCUT2D eigenvalue weighted by atomic mass is 9.95. The van der Waals surface area contributed by atoms with E-state index in [4.69, 9.17) is 5.73 Å². The van der Waals surface area contributed by atoms with Crippen molar-refractivity contribution in [3.63, 3.8) is 0 Å². The lowest BCUT2D eigenvalue weighted by Gasteiger charge is -2.34. The van der Waals surface area contributed by atoms with Crippen molar-refractivity contribution in [2.45, 2.75) is 45.7 Å². The molecular weight excluding hydrogens is 202 g/mol. The Bertz CT molecular complexity index is 230. The normalized spacial score (nSPS) is 27.1. The fraction of sp³-hybridized carbons (Fsp3) is 0.917. The van der Waals surface area contributed by atoms with Gasteiger partial charge in [0.15, 0.2) is 0 Å². The average Bonchev–Trinajstić information content (AvgIpc) is 2.19. The number of hydrogen-bond donors (Lipinski definition) is 2. The number of piperidine rings is 1. The van der Waals surface area contributed by atoms with Gasteiger partial charge >= 0.3 is 0 Å². The summed E-state index contributed by atoms with van der Waals surface area (Å²) in [4.78, 5) is 13.8. The molecule has 4 heteroatoms. The average molecular weight is 227 g/mol. The van der Waals surface area contributed by atoms with E-state index in [1.54, 1.807) is 0 Å². The minimum atomic E-state index is 0.150. The van der Waals surface area contributed by atoms with Gasteiger partial charge in [-0.3, -0.25) is 4.79 Å². The van der Waals surface area contributed by atoms with Crippen LogP contribution in [0.3, 0.4) is 0 Å². The highest BCUT2D eigenvalue weighted by atomic mass is 16.1. The molecule has 1 aliphatic heterocycles. The molecule has 0 spiro atoms. The number of nitrogens with zero attached hydrogens (tertiary/aromatic N) is 1. The first-order valence-corrected chi connectivity index (χ1v) is 6.26. The van der Waals surface area contributed by atoms with Crippen molar-refractivity contribution in [3.8, 4) is 0 Å². The maximum Gasteiger partial charge on any atom is 0.221 e. The van der Waals surface area contributed by atoms with Gasteiger partial charge in [0, 0.05) is 31.6 Å². The van der Waals surface area contributed by atoms with Crippen LogP contribution in [0.25, 0.3) is 0 Å². The third-order valence-electron chi connectivity index (χ3n) is 3.16. The third-order valence-corrected chi connectivity index (χ3v) is 3.16. The van der Waals surface area contributed by atoms with Gasteiger partial charge < -0.3 is 16.0 Å². The Labute approximate surface area is 98.6 Å². The summed E-state index contributed by atoms with van der Waals surface area (Å²) in [6, 6.07) is 0.571. The molecule has 2 unspecified atom stereocenters. The Hall–Kier alpha value is -0.610. The van der Waals surface area contributed by atoms with Crippen molar-refractivity contribution in [2.24, 2.45) is 11.7 Å². The first-order valence-electron chi connectivity index (χ1n) is 6.26. The fourth-order valence-electron chi connectivity index (χ4n) is 2.11. The molecule has 1 aliphatic rings. The molecule has 16 heavy (non-hydrogen) atoms. The maximum absolute atomic E-state index is 11.5.